The van der Waals surface area contributed by atoms with Gasteiger partial charge in [0, 0.05) is 0 Å². The maximum Gasteiger partial charge on any atom is 0.323 e. The molecule has 0 aromatic rings. The lowest BCUT2D eigenvalue weighted by Gasteiger charge is -2.13. The molecule has 0 saturated heterocycles. The van der Waals surface area contributed by atoms with Gasteiger partial charge in [0.25, 0.3) is 0 Å². The standard InChI is InChI=1S/C8H18N2O2/c1-3-12-8(11)7(10-2)5-4-6-9/h7,10H,3-6,9H2,1-2H3. The average Bonchev–Trinajstić information content (AvgIpc) is 2.06. The second-order valence-electron chi connectivity index (χ2n) is 2.52. The molecule has 12 heavy (non-hydrogen) atoms. The lowest BCUT2D eigenvalue weighted by atomic mass is 10.1. The molecule has 1 unspecified atom stereocenters. The van der Waals surface area contributed by atoms with Gasteiger partial charge in [-0.2, -0.15) is 0 Å². The molecule has 4 heteroatoms. The fourth-order valence-electron chi connectivity index (χ4n) is 0.945. The summed E-state index contributed by atoms with van der Waals surface area (Å²) in [5.74, 6) is -0.187. The molecule has 0 rings (SSSR count). The van der Waals surface area contributed by atoms with Gasteiger partial charge in [0.15, 0.2) is 0 Å². The number of hydrogen-bond acceptors (Lipinski definition) is 4. The summed E-state index contributed by atoms with van der Waals surface area (Å²) in [6.07, 6.45) is 1.58. The van der Waals surface area contributed by atoms with E-state index in [9.17, 15) is 4.79 Å². The normalized spacial score (nSPS) is 12.6. The monoisotopic (exact) mass is 174 g/mol. The first-order valence-corrected chi connectivity index (χ1v) is 4.30. The zero-order valence-corrected chi connectivity index (χ0v) is 7.80. The maximum atomic E-state index is 11.2. The number of carbonyl (C=O) groups excluding carboxylic acids is 1. The molecule has 1 atom stereocenters. The fourth-order valence-corrected chi connectivity index (χ4v) is 0.945. The number of ether oxygens (including phenoxy) is 1. The molecule has 0 aliphatic carbocycles. The van der Waals surface area contributed by atoms with Crippen molar-refractivity contribution in [3.8, 4) is 0 Å². The fraction of sp³-hybridized carbons (Fsp3) is 0.875. The highest BCUT2D eigenvalue weighted by Crippen LogP contribution is 1.97. The third-order valence-corrected chi connectivity index (χ3v) is 1.62. The molecule has 0 aliphatic heterocycles. The molecule has 0 fully saturated rings. The van der Waals surface area contributed by atoms with Gasteiger partial charge in [0.2, 0.25) is 0 Å². The molecule has 0 bridgehead atoms. The number of hydrogen-bond donors (Lipinski definition) is 2. The molecule has 0 aliphatic rings. The van der Waals surface area contributed by atoms with Crippen molar-refractivity contribution in [2.24, 2.45) is 5.73 Å². The number of nitrogens with one attached hydrogen (secondary N) is 1. The number of esters is 1. The minimum absolute atomic E-state index is 0.187. The molecule has 0 saturated carbocycles. The van der Waals surface area contributed by atoms with Crippen molar-refractivity contribution in [1.82, 2.24) is 5.32 Å². The lowest BCUT2D eigenvalue weighted by Crippen LogP contribution is -2.35. The van der Waals surface area contributed by atoms with Gasteiger partial charge in [-0.15, -0.1) is 0 Å². The molecule has 3 N–H and O–H groups in total. The quantitative estimate of drug-likeness (QED) is 0.551. The molecule has 72 valence electrons. The van der Waals surface area contributed by atoms with Gasteiger partial charge in [0.05, 0.1) is 6.61 Å². The number of likely N-dealkylation sites (N-methyl/N-ethyl adjacent to an activating group) is 1. The zero-order valence-electron chi connectivity index (χ0n) is 7.80. The van der Waals surface area contributed by atoms with Crippen LogP contribution in [0.1, 0.15) is 19.8 Å². The maximum absolute atomic E-state index is 11.2. The summed E-state index contributed by atoms with van der Waals surface area (Å²) in [4.78, 5) is 11.2. The summed E-state index contributed by atoms with van der Waals surface area (Å²) in [6, 6.07) is -0.200. The first kappa shape index (κ1) is 11.4. The molecule has 0 amide bonds. The highest BCUT2D eigenvalue weighted by molar-refractivity contribution is 5.75. The first-order chi connectivity index (χ1) is 5.76. The molecule has 0 spiro atoms. The molecule has 4 nitrogen and oxygen atoms in total. The predicted molar refractivity (Wildman–Crippen MR) is 47.8 cm³/mol. The summed E-state index contributed by atoms with van der Waals surface area (Å²) in [6.45, 7) is 2.84. The van der Waals surface area contributed by atoms with Crippen LogP contribution in [0, 0.1) is 0 Å². The van der Waals surface area contributed by atoms with Gasteiger partial charge in [0.1, 0.15) is 6.04 Å². The van der Waals surface area contributed by atoms with Crippen molar-refractivity contribution in [3.05, 3.63) is 0 Å². The lowest BCUT2D eigenvalue weighted by molar-refractivity contribution is -0.145. The van der Waals surface area contributed by atoms with Crippen LogP contribution in [0.4, 0.5) is 0 Å². The van der Waals surface area contributed by atoms with Gasteiger partial charge in [-0.05, 0) is 33.4 Å². The van der Waals surface area contributed by atoms with Crippen LogP contribution in [0.25, 0.3) is 0 Å². The van der Waals surface area contributed by atoms with E-state index < -0.39 is 0 Å². The van der Waals surface area contributed by atoms with E-state index in [1.165, 1.54) is 0 Å². The Labute approximate surface area is 73.5 Å². The highest BCUT2D eigenvalue weighted by Gasteiger charge is 2.15. The molecular formula is C8H18N2O2. The van der Waals surface area contributed by atoms with E-state index in [0.717, 1.165) is 12.8 Å². The zero-order chi connectivity index (χ0) is 9.40. The van der Waals surface area contributed by atoms with Gasteiger partial charge in [-0.3, -0.25) is 4.79 Å². The van der Waals surface area contributed by atoms with E-state index in [4.69, 9.17) is 10.5 Å². The van der Waals surface area contributed by atoms with Crippen LogP contribution >= 0.6 is 0 Å². The Hall–Kier alpha value is -0.610. The van der Waals surface area contributed by atoms with Gasteiger partial charge < -0.3 is 15.8 Å². The van der Waals surface area contributed by atoms with Crippen molar-refractivity contribution < 1.29 is 9.53 Å². The Bertz CT molecular complexity index is 128. The third kappa shape index (κ3) is 4.31. The Kier molecular flexibility index (Phi) is 6.70. The van der Waals surface area contributed by atoms with Crippen LogP contribution in [0.3, 0.4) is 0 Å². The summed E-state index contributed by atoms with van der Waals surface area (Å²) < 4.78 is 4.85. The molecule has 0 aromatic heterocycles. The van der Waals surface area contributed by atoms with Crippen LogP contribution in [0.5, 0.6) is 0 Å². The summed E-state index contributed by atoms with van der Waals surface area (Å²) in [7, 11) is 1.75. The Morgan fingerprint density at radius 2 is 2.33 bits per heavy atom. The van der Waals surface area contributed by atoms with Crippen molar-refractivity contribution in [2.45, 2.75) is 25.8 Å². The molecular weight excluding hydrogens is 156 g/mol. The molecule has 0 aromatic carbocycles. The summed E-state index contributed by atoms with van der Waals surface area (Å²) >= 11 is 0. The van der Waals surface area contributed by atoms with Gasteiger partial charge >= 0.3 is 5.97 Å². The highest BCUT2D eigenvalue weighted by atomic mass is 16.5. The van der Waals surface area contributed by atoms with E-state index in [2.05, 4.69) is 5.32 Å². The van der Waals surface area contributed by atoms with Crippen molar-refractivity contribution in [1.29, 1.82) is 0 Å². The van der Waals surface area contributed by atoms with E-state index in [1.54, 1.807) is 14.0 Å². The third-order valence-electron chi connectivity index (χ3n) is 1.62. The second kappa shape index (κ2) is 7.06. The Morgan fingerprint density at radius 1 is 1.67 bits per heavy atom. The van der Waals surface area contributed by atoms with Gasteiger partial charge in [-0.1, -0.05) is 0 Å². The minimum atomic E-state index is -0.200. The van der Waals surface area contributed by atoms with Crippen molar-refractivity contribution in [2.75, 3.05) is 20.2 Å². The second-order valence-corrected chi connectivity index (χ2v) is 2.52. The first-order valence-electron chi connectivity index (χ1n) is 4.30. The average molecular weight is 174 g/mol. The van der Waals surface area contributed by atoms with E-state index in [-0.39, 0.29) is 12.0 Å². The van der Waals surface area contributed by atoms with E-state index >= 15 is 0 Å². The number of rotatable bonds is 6. The SMILES string of the molecule is CCOC(=O)C(CCCN)NC. The van der Waals surface area contributed by atoms with Gasteiger partial charge in [-0.25, -0.2) is 0 Å². The Morgan fingerprint density at radius 3 is 2.75 bits per heavy atom. The van der Waals surface area contributed by atoms with E-state index in [0.29, 0.717) is 13.2 Å². The number of carbonyl (C=O) groups is 1. The van der Waals surface area contributed by atoms with Crippen molar-refractivity contribution >= 4 is 5.97 Å². The largest absolute Gasteiger partial charge is 0.465 e. The summed E-state index contributed by atoms with van der Waals surface area (Å²) in [5.41, 5.74) is 5.33. The van der Waals surface area contributed by atoms with E-state index in [1.807, 2.05) is 0 Å². The number of nitrogens with two attached hydrogens (primary N) is 1. The molecule has 0 radical (unpaired) electrons. The topological polar surface area (TPSA) is 64.3 Å². The van der Waals surface area contributed by atoms with Crippen LogP contribution in [0.2, 0.25) is 0 Å². The smallest absolute Gasteiger partial charge is 0.323 e. The predicted octanol–water partition coefficient (Wildman–Crippen LogP) is -0.124. The van der Waals surface area contributed by atoms with Crippen LogP contribution < -0.4 is 11.1 Å². The molecule has 0 heterocycles. The minimum Gasteiger partial charge on any atom is -0.465 e. The van der Waals surface area contributed by atoms with Crippen molar-refractivity contribution in [3.63, 3.8) is 0 Å². The van der Waals surface area contributed by atoms with Crippen LogP contribution in [-0.2, 0) is 9.53 Å². The Balaban J connectivity index is 3.71. The summed E-state index contributed by atoms with van der Waals surface area (Å²) in [5, 5.41) is 2.89. The van der Waals surface area contributed by atoms with Crippen LogP contribution in [-0.4, -0.2) is 32.2 Å². The van der Waals surface area contributed by atoms with Crippen LogP contribution in [0.15, 0.2) is 0 Å².